The third-order valence-corrected chi connectivity index (χ3v) is 6.52. The Balaban J connectivity index is 0.000000243. The Morgan fingerprint density at radius 3 is 2.62 bits per heavy atom. The van der Waals surface area contributed by atoms with E-state index in [2.05, 4.69) is 0 Å². The van der Waals surface area contributed by atoms with Gasteiger partial charge < -0.3 is 15.6 Å². The SMILES string of the molecule is NC(Cc1ccc(F)cc1)C(=O)O.O=CCCCCC1CCSS1. The molecule has 1 aromatic carbocycles. The monoisotopic (exact) mass is 373 g/mol. The molecule has 1 heterocycles. The van der Waals surface area contributed by atoms with Gasteiger partial charge in [-0.25, -0.2) is 4.39 Å². The first kappa shape index (κ1) is 21.0. The Morgan fingerprint density at radius 2 is 2.08 bits per heavy atom. The number of aliphatic carboxylic acids is 1. The Kier molecular flexibility index (Phi) is 10.8. The van der Waals surface area contributed by atoms with Gasteiger partial charge in [0, 0.05) is 17.4 Å². The number of benzene rings is 1. The summed E-state index contributed by atoms with van der Waals surface area (Å²) < 4.78 is 12.4. The minimum absolute atomic E-state index is 0.218. The molecule has 3 N–H and O–H groups in total. The van der Waals surface area contributed by atoms with Gasteiger partial charge in [-0.2, -0.15) is 0 Å². The summed E-state index contributed by atoms with van der Waals surface area (Å²) in [6, 6.07) is 4.69. The lowest BCUT2D eigenvalue weighted by Crippen LogP contribution is -2.32. The maximum Gasteiger partial charge on any atom is 0.320 e. The molecule has 0 saturated carbocycles. The molecule has 24 heavy (non-hydrogen) atoms. The predicted octanol–water partition coefficient (Wildman–Crippen LogP) is 3.68. The molecule has 0 bridgehead atoms. The van der Waals surface area contributed by atoms with Crippen molar-refractivity contribution < 1.29 is 19.1 Å². The van der Waals surface area contributed by atoms with Crippen molar-refractivity contribution in [2.45, 2.75) is 49.8 Å². The van der Waals surface area contributed by atoms with Crippen LogP contribution in [0.4, 0.5) is 4.39 Å². The fraction of sp³-hybridized carbons (Fsp3) is 0.529. The molecule has 1 saturated heterocycles. The van der Waals surface area contributed by atoms with Crippen LogP contribution in [-0.4, -0.2) is 34.4 Å². The molecule has 0 aromatic heterocycles. The molecule has 7 heteroatoms. The van der Waals surface area contributed by atoms with E-state index in [1.54, 1.807) is 0 Å². The van der Waals surface area contributed by atoms with Gasteiger partial charge in [-0.1, -0.05) is 40.1 Å². The fourth-order valence-corrected chi connectivity index (χ4v) is 5.15. The molecule has 4 nitrogen and oxygen atoms in total. The van der Waals surface area contributed by atoms with Gasteiger partial charge in [0.2, 0.25) is 0 Å². The van der Waals surface area contributed by atoms with Crippen LogP contribution in [0.3, 0.4) is 0 Å². The quantitative estimate of drug-likeness (QED) is 0.411. The van der Waals surface area contributed by atoms with Crippen molar-refractivity contribution >= 4 is 33.8 Å². The number of hydrogen-bond donors (Lipinski definition) is 2. The zero-order chi connectivity index (χ0) is 17.8. The highest BCUT2D eigenvalue weighted by Gasteiger charge is 2.15. The first-order valence-corrected chi connectivity index (χ1v) is 10.4. The number of carbonyl (C=O) groups excluding carboxylic acids is 1. The van der Waals surface area contributed by atoms with Gasteiger partial charge in [0.1, 0.15) is 18.1 Å². The van der Waals surface area contributed by atoms with Crippen molar-refractivity contribution in [1.82, 2.24) is 0 Å². The molecule has 2 rings (SSSR count). The van der Waals surface area contributed by atoms with Crippen molar-refractivity contribution in [2.24, 2.45) is 5.73 Å². The van der Waals surface area contributed by atoms with Crippen LogP contribution in [0, 0.1) is 5.82 Å². The Labute approximate surface area is 150 Å². The van der Waals surface area contributed by atoms with E-state index in [0.29, 0.717) is 0 Å². The molecule has 0 radical (unpaired) electrons. The summed E-state index contributed by atoms with van der Waals surface area (Å²) in [5.41, 5.74) is 6.01. The molecular weight excluding hydrogens is 349 g/mol. The average molecular weight is 374 g/mol. The lowest BCUT2D eigenvalue weighted by atomic mass is 10.1. The molecule has 0 spiro atoms. The van der Waals surface area contributed by atoms with Crippen LogP contribution in [0.15, 0.2) is 24.3 Å². The molecule has 2 atom stereocenters. The lowest BCUT2D eigenvalue weighted by Gasteiger charge is -2.05. The van der Waals surface area contributed by atoms with E-state index in [1.165, 1.54) is 49.3 Å². The van der Waals surface area contributed by atoms with E-state index in [9.17, 15) is 14.0 Å². The topological polar surface area (TPSA) is 80.4 Å². The highest BCUT2D eigenvalue weighted by molar-refractivity contribution is 8.77. The molecule has 1 fully saturated rings. The summed E-state index contributed by atoms with van der Waals surface area (Å²) in [5.74, 6) is -0.0693. The number of carboxylic acid groups (broad SMARTS) is 1. The van der Waals surface area contributed by atoms with Gasteiger partial charge in [-0.05, 0) is 43.4 Å². The molecule has 1 aliphatic rings. The first-order valence-electron chi connectivity index (χ1n) is 7.97. The molecule has 1 aliphatic heterocycles. The van der Waals surface area contributed by atoms with Crippen molar-refractivity contribution in [3.63, 3.8) is 0 Å². The van der Waals surface area contributed by atoms with Crippen LogP contribution in [-0.2, 0) is 16.0 Å². The van der Waals surface area contributed by atoms with E-state index in [-0.39, 0.29) is 12.2 Å². The van der Waals surface area contributed by atoms with Crippen LogP contribution in [0.1, 0.15) is 37.7 Å². The van der Waals surface area contributed by atoms with Crippen molar-refractivity contribution in [3.05, 3.63) is 35.6 Å². The van der Waals surface area contributed by atoms with E-state index < -0.39 is 12.0 Å². The standard InChI is InChI=1S/C9H10FNO2.C8H14OS2/c10-7-3-1-6(2-4-7)5-8(11)9(12)13;9-6-3-1-2-4-8-5-7-10-11-8/h1-4,8H,5,11H2,(H,12,13);6,8H,1-5,7H2. The third kappa shape index (κ3) is 9.30. The van der Waals surface area contributed by atoms with Gasteiger partial charge in [-0.3, -0.25) is 4.79 Å². The summed E-state index contributed by atoms with van der Waals surface area (Å²) in [7, 11) is 4.02. The summed E-state index contributed by atoms with van der Waals surface area (Å²) in [5, 5.41) is 9.38. The largest absolute Gasteiger partial charge is 0.480 e. The van der Waals surface area contributed by atoms with Gasteiger partial charge in [-0.15, -0.1) is 0 Å². The number of unbranched alkanes of at least 4 members (excludes halogenated alkanes) is 2. The Hall–Kier alpha value is -1.05. The van der Waals surface area contributed by atoms with Gasteiger partial charge in [0.25, 0.3) is 0 Å². The van der Waals surface area contributed by atoms with Crippen molar-refractivity contribution in [1.29, 1.82) is 0 Å². The molecule has 0 aliphatic carbocycles. The normalized spacial score (nSPS) is 17.7. The molecule has 2 unspecified atom stereocenters. The fourth-order valence-electron chi connectivity index (χ4n) is 2.13. The highest BCUT2D eigenvalue weighted by Crippen LogP contribution is 2.39. The predicted molar refractivity (Wildman–Crippen MR) is 98.7 cm³/mol. The van der Waals surface area contributed by atoms with Crippen molar-refractivity contribution in [3.8, 4) is 0 Å². The summed E-state index contributed by atoms with van der Waals surface area (Å²) >= 11 is 0. The van der Waals surface area contributed by atoms with Gasteiger partial charge in [0.05, 0.1) is 0 Å². The van der Waals surface area contributed by atoms with E-state index in [4.69, 9.17) is 10.8 Å². The maximum absolute atomic E-state index is 12.4. The summed E-state index contributed by atoms with van der Waals surface area (Å²) in [4.78, 5) is 20.4. The first-order chi connectivity index (χ1) is 11.5. The molecule has 1 aromatic rings. The zero-order valence-corrected chi connectivity index (χ0v) is 15.2. The van der Waals surface area contributed by atoms with Gasteiger partial charge >= 0.3 is 5.97 Å². The summed E-state index contributed by atoms with van der Waals surface area (Å²) in [6.07, 6.45) is 7.00. The van der Waals surface area contributed by atoms with Crippen LogP contribution >= 0.6 is 21.6 Å². The number of rotatable bonds is 8. The number of carboxylic acids is 1. The third-order valence-electron chi connectivity index (χ3n) is 3.51. The van der Waals surface area contributed by atoms with Crippen LogP contribution in [0.2, 0.25) is 0 Å². The average Bonchev–Trinajstić information content (AvgIpc) is 3.08. The number of carbonyl (C=O) groups is 2. The number of nitrogens with two attached hydrogens (primary N) is 1. The number of hydrogen-bond acceptors (Lipinski definition) is 5. The smallest absolute Gasteiger partial charge is 0.320 e. The maximum atomic E-state index is 12.4. The minimum atomic E-state index is -1.05. The van der Waals surface area contributed by atoms with E-state index >= 15 is 0 Å². The lowest BCUT2D eigenvalue weighted by molar-refractivity contribution is -0.138. The molecule has 0 amide bonds. The Morgan fingerprint density at radius 1 is 1.38 bits per heavy atom. The highest BCUT2D eigenvalue weighted by atomic mass is 33.1. The number of halogens is 1. The van der Waals surface area contributed by atoms with Crippen LogP contribution < -0.4 is 5.73 Å². The van der Waals surface area contributed by atoms with E-state index in [0.717, 1.165) is 29.9 Å². The second-order valence-electron chi connectivity index (χ2n) is 5.56. The zero-order valence-electron chi connectivity index (χ0n) is 13.5. The van der Waals surface area contributed by atoms with E-state index in [1.807, 2.05) is 21.6 Å². The Bertz CT molecular complexity index is 493. The van der Waals surface area contributed by atoms with Crippen LogP contribution in [0.25, 0.3) is 0 Å². The minimum Gasteiger partial charge on any atom is -0.480 e. The van der Waals surface area contributed by atoms with Gasteiger partial charge in [0.15, 0.2) is 0 Å². The molecular formula is C17H24FNO3S2. The molecule has 134 valence electrons. The summed E-state index contributed by atoms with van der Waals surface area (Å²) in [6.45, 7) is 0. The number of aldehydes is 1. The second kappa shape index (κ2) is 12.3. The van der Waals surface area contributed by atoms with Crippen LogP contribution in [0.5, 0.6) is 0 Å². The van der Waals surface area contributed by atoms with Crippen molar-refractivity contribution in [2.75, 3.05) is 5.75 Å². The second-order valence-corrected chi connectivity index (χ2v) is 8.34.